The second kappa shape index (κ2) is 7.41. The average molecular weight is 251 g/mol. The average Bonchev–Trinajstić information content (AvgIpc) is 2.34. The van der Waals surface area contributed by atoms with Crippen molar-refractivity contribution in [2.75, 3.05) is 26.2 Å². The quantitative estimate of drug-likeness (QED) is 0.688. The Bertz CT molecular complexity index is 367. The Kier molecular flexibility index (Phi) is 6.19. The van der Waals surface area contributed by atoms with Crippen LogP contribution in [-0.4, -0.2) is 48.3 Å². The van der Waals surface area contributed by atoms with Crippen molar-refractivity contribution in [1.82, 2.24) is 4.90 Å². The lowest BCUT2D eigenvalue weighted by atomic mass is 9.77. The Hall–Kier alpha value is -1.04. The molecule has 0 aliphatic carbocycles. The van der Waals surface area contributed by atoms with Crippen LogP contribution in [0.3, 0.4) is 0 Å². The van der Waals surface area contributed by atoms with E-state index in [1.807, 2.05) is 13.0 Å². The first-order chi connectivity index (χ1) is 8.58. The minimum Gasteiger partial charge on any atom is -0.492 e. The van der Waals surface area contributed by atoms with Gasteiger partial charge in [0, 0.05) is 6.54 Å². The summed E-state index contributed by atoms with van der Waals surface area (Å²) in [4.78, 5) is 2.29. The van der Waals surface area contributed by atoms with Gasteiger partial charge in [-0.15, -0.1) is 0 Å². The Morgan fingerprint density at radius 3 is 2.39 bits per heavy atom. The van der Waals surface area contributed by atoms with Gasteiger partial charge < -0.3 is 19.7 Å². The molecule has 0 aliphatic heterocycles. The first-order valence-corrected chi connectivity index (χ1v) is 6.40. The van der Waals surface area contributed by atoms with Crippen LogP contribution in [0.5, 0.6) is 5.75 Å². The highest BCUT2D eigenvalue weighted by molar-refractivity contribution is 6.59. The van der Waals surface area contributed by atoms with Crippen molar-refractivity contribution in [3.05, 3.63) is 23.8 Å². The first-order valence-electron chi connectivity index (χ1n) is 6.40. The number of likely N-dealkylation sites (N-methyl/N-ethyl adjacent to an activating group) is 1. The number of rotatable bonds is 7. The van der Waals surface area contributed by atoms with Crippen molar-refractivity contribution in [1.29, 1.82) is 0 Å². The molecule has 1 aromatic carbocycles. The fourth-order valence-corrected chi connectivity index (χ4v) is 1.86. The minimum atomic E-state index is -1.42. The van der Waals surface area contributed by atoms with Crippen LogP contribution < -0.4 is 10.2 Å². The molecule has 5 heteroatoms. The maximum absolute atomic E-state index is 9.12. The smallest absolute Gasteiger partial charge is 0.488 e. The predicted octanol–water partition coefficient (Wildman–Crippen LogP) is 0.395. The van der Waals surface area contributed by atoms with E-state index >= 15 is 0 Å². The van der Waals surface area contributed by atoms with E-state index in [-0.39, 0.29) is 0 Å². The van der Waals surface area contributed by atoms with Gasteiger partial charge in [-0.3, -0.25) is 0 Å². The van der Waals surface area contributed by atoms with E-state index in [0.717, 1.165) is 30.9 Å². The SMILES string of the molecule is CCN(CC)CCOc1ccc(B(O)O)c(C)c1. The standard InChI is InChI=1S/C13H22BNO3/c1-4-15(5-2)8-9-18-12-6-7-13(14(16)17)11(3)10-12/h6-7,10,16-17H,4-5,8-9H2,1-3H3. The molecule has 0 atom stereocenters. The molecule has 0 aliphatic rings. The van der Waals surface area contributed by atoms with Crippen molar-refractivity contribution >= 4 is 12.6 Å². The van der Waals surface area contributed by atoms with E-state index in [1.165, 1.54) is 0 Å². The maximum atomic E-state index is 9.12. The number of aryl methyl sites for hydroxylation is 1. The van der Waals surface area contributed by atoms with Gasteiger partial charge in [-0.2, -0.15) is 0 Å². The highest BCUT2D eigenvalue weighted by Gasteiger charge is 2.13. The van der Waals surface area contributed by atoms with Crippen LogP contribution in [0.1, 0.15) is 19.4 Å². The van der Waals surface area contributed by atoms with Gasteiger partial charge in [-0.1, -0.05) is 19.9 Å². The van der Waals surface area contributed by atoms with Crippen LogP contribution in [0.25, 0.3) is 0 Å². The Morgan fingerprint density at radius 1 is 1.22 bits per heavy atom. The summed E-state index contributed by atoms with van der Waals surface area (Å²) in [6.45, 7) is 9.68. The zero-order valence-electron chi connectivity index (χ0n) is 11.4. The molecule has 0 unspecified atom stereocenters. The third-order valence-electron chi connectivity index (χ3n) is 3.09. The maximum Gasteiger partial charge on any atom is 0.488 e. The molecule has 0 aromatic heterocycles. The molecule has 1 aromatic rings. The summed E-state index contributed by atoms with van der Waals surface area (Å²) in [6.07, 6.45) is 0. The van der Waals surface area contributed by atoms with E-state index in [4.69, 9.17) is 14.8 Å². The zero-order valence-corrected chi connectivity index (χ0v) is 11.4. The molecule has 0 saturated heterocycles. The number of hydrogen-bond acceptors (Lipinski definition) is 4. The van der Waals surface area contributed by atoms with Gasteiger partial charge in [0.2, 0.25) is 0 Å². The third kappa shape index (κ3) is 4.33. The van der Waals surface area contributed by atoms with Gasteiger partial charge in [0.15, 0.2) is 0 Å². The van der Waals surface area contributed by atoms with Crippen LogP contribution in [-0.2, 0) is 0 Å². The van der Waals surface area contributed by atoms with E-state index < -0.39 is 7.12 Å². The van der Waals surface area contributed by atoms with Crippen molar-refractivity contribution in [3.63, 3.8) is 0 Å². The first kappa shape index (κ1) is 15.0. The second-order valence-electron chi connectivity index (χ2n) is 4.27. The minimum absolute atomic E-state index is 0.520. The van der Waals surface area contributed by atoms with Crippen molar-refractivity contribution in [3.8, 4) is 5.75 Å². The fourth-order valence-electron chi connectivity index (χ4n) is 1.86. The normalized spacial score (nSPS) is 10.8. The fraction of sp³-hybridized carbons (Fsp3) is 0.538. The van der Waals surface area contributed by atoms with E-state index in [9.17, 15) is 0 Å². The van der Waals surface area contributed by atoms with Gasteiger partial charge in [-0.25, -0.2) is 0 Å². The van der Waals surface area contributed by atoms with Crippen LogP contribution in [0.4, 0.5) is 0 Å². The van der Waals surface area contributed by atoms with E-state index in [2.05, 4.69) is 18.7 Å². The molecule has 0 spiro atoms. The summed E-state index contributed by atoms with van der Waals surface area (Å²) in [5.41, 5.74) is 1.34. The number of ether oxygens (including phenoxy) is 1. The van der Waals surface area contributed by atoms with Crippen LogP contribution in [0.15, 0.2) is 18.2 Å². The van der Waals surface area contributed by atoms with Gasteiger partial charge in [0.1, 0.15) is 12.4 Å². The van der Waals surface area contributed by atoms with Crippen molar-refractivity contribution < 1.29 is 14.8 Å². The second-order valence-corrected chi connectivity index (χ2v) is 4.27. The largest absolute Gasteiger partial charge is 0.492 e. The molecule has 0 saturated carbocycles. The summed E-state index contributed by atoms with van der Waals surface area (Å²) < 4.78 is 5.65. The van der Waals surface area contributed by atoms with Gasteiger partial charge in [0.05, 0.1) is 0 Å². The monoisotopic (exact) mass is 251 g/mol. The molecule has 0 bridgehead atoms. The Labute approximate surface area is 109 Å². The number of benzene rings is 1. The highest BCUT2D eigenvalue weighted by atomic mass is 16.5. The molecule has 4 nitrogen and oxygen atoms in total. The Morgan fingerprint density at radius 2 is 1.89 bits per heavy atom. The molecule has 18 heavy (non-hydrogen) atoms. The third-order valence-corrected chi connectivity index (χ3v) is 3.09. The molecular weight excluding hydrogens is 229 g/mol. The van der Waals surface area contributed by atoms with Crippen LogP contribution in [0, 0.1) is 6.92 Å². The van der Waals surface area contributed by atoms with Crippen LogP contribution in [0.2, 0.25) is 0 Å². The Balaban J connectivity index is 2.51. The lowest BCUT2D eigenvalue weighted by molar-refractivity contribution is 0.223. The van der Waals surface area contributed by atoms with Crippen molar-refractivity contribution in [2.45, 2.75) is 20.8 Å². The van der Waals surface area contributed by atoms with Gasteiger partial charge in [-0.05, 0) is 43.2 Å². The van der Waals surface area contributed by atoms with Crippen molar-refractivity contribution in [2.24, 2.45) is 0 Å². The summed E-state index contributed by atoms with van der Waals surface area (Å²) in [5, 5.41) is 18.2. The van der Waals surface area contributed by atoms with Crippen LogP contribution >= 0.6 is 0 Å². The zero-order chi connectivity index (χ0) is 13.5. The molecule has 0 fully saturated rings. The highest BCUT2D eigenvalue weighted by Crippen LogP contribution is 2.11. The predicted molar refractivity (Wildman–Crippen MR) is 74.3 cm³/mol. The molecule has 0 amide bonds. The molecule has 1 rings (SSSR count). The topological polar surface area (TPSA) is 52.9 Å². The molecule has 100 valence electrons. The number of hydrogen-bond donors (Lipinski definition) is 2. The summed E-state index contributed by atoms with van der Waals surface area (Å²) in [7, 11) is -1.42. The molecule has 2 N–H and O–H groups in total. The summed E-state index contributed by atoms with van der Waals surface area (Å²) >= 11 is 0. The molecular formula is C13H22BNO3. The molecule has 0 radical (unpaired) electrons. The molecule has 0 heterocycles. The lowest BCUT2D eigenvalue weighted by Gasteiger charge is -2.18. The number of nitrogens with zero attached hydrogens (tertiary/aromatic N) is 1. The summed E-state index contributed by atoms with van der Waals surface area (Å²) in [6, 6.07) is 5.29. The van der Waals surface area contributed by atoms with E-state index in [0.29, 0.717) is 12.1 Å². The lowest BCUT2D eigenvalue weighted by Crippen LogP contribution is -2.32. The summed E-state index contributed by atoms with van der Waals surface area (Å²) in [5.74, 6) is 0.768. The van der Waals surface area contributed by atoms with Gasteiger partial charge in [0.25, 0.3) is 0 Å². The van der Waals surface area contributed by atoms with E-state index in [1.54, 1.807) is 12.1 Å². The van der Waals surface area contributed by atoms with Gasteiger partial charge >= 0.3 is 7.12 Å².